The van der Waals surface area contributed by atoms with Crippen LogP contribution in [0.3, 0.4) is 0 Å². The molecule has 0 saturated heterocycles. The summed E-state index contributed by atoms with van der Waals surface area (Å²) in [6, 6.07) is 0.108. The smallest absolute Gasteiger partial charge is 0.256 e. The molecular formula is C12H15BrClN5O. The average molecular weight is 361 g/mol. The number of halogens is 2. The van der Waals surface area contributed by atoms with Crippen LogP contribution in [-0.4, -0.2) is 25.5 Å². The van der Waals surface area contributed by atoms with E-state index in [2.05, 4.69) is 31.4 Å². The minimum absolute atomic E-state index is 0.108. The third kappa shape index (κ3) is 3.04. The zero-order chi connectivity index (χ0) is 14.9. The van der Waals surface area contributed by atoms with Crippen LogP contribution in [0.1, 0.15) is 35.8 Å². The van der Waals surface area contributed by atoms with Crippen LogP contribution in [-0.2, 0) is 13.6 Å². The molecule has 0 aliphatic heterocycles. The number of nitrogens with one attached hydrogen (secondary N) is 1. The molecule has 2 aromatic heterocycles. The Morgan fingerprint density at radius 3 is 2.75 bits per heavy atom. The number of aromatic nitrogens is 4. The highest BCUT2D eigenvalue weighted by Gasteiger charge is 2.17. The molecule has 0 atom stereocenters. The van der Waals surface area contributed by atoms with Crippen LogP contribution in [0.2, 0.25) is 5.15 Å². The van der Waals surface area contributed by atoms with E-state index in [1.165, 1.54) is 6.20 Å². The Balaban J connectivity index is 2.07. The van der Waals surface area contributed by atoms with E-state index in [9.17, 15) is 4.79 Å². The molecular weight excluding hydrogens is 346 g/mol. The summed E-state index contributed by atoms with van der Waals surface area (Å²) in [6.07, 6.45) is 3.32. The van der Waals surface area contributed by atoms with Gasteiger partial charge in [-0.05, 0) is 29.8 Å². The number of carbonyl (C=O) groups excluding carboxylic acids is 1. The van der Waals surface area contributed by atoms with Crippen molar-refractivity contribution in [3.63, 3.8) is 0 Å². The molecule has 0 radical (unpaired) electrons. The van der Waals surface area contributed by atoms with E-state index in [0.29, 0.717) is 21.9 Å². The minimum atomic E-state index is -0.252. The van der Waals surface area contributed by atoms with Gasteiger partial charge in [0.15, 0.2) is 0 Å². The molecule has 0 fully saturated rings. The summed E-state index contributed by atoms with van der Waals surface area (Å²) in [7, 11) is 1.82. The maximum absolute atomic E-state index is 12.1. The molecule has 1 amide bonds. The first-order valence-corrected chi connectivity index (χ1v) is 7.26. The Morgan fingerprint density at radius 1 is 1.55 bits per heavy atom. The largest absolute Gasteiger partial charge is 0.348 e. The van der Waals surface area contributed by atoms with Crippen molar-refractivity contribution in [1.29, 1.82) is 0 Å². The molecule has 6 nitrogen and oxygen atoms in total. The third-order valence-electron chi connectivity index (χ3n) is 2.76. The lowest BCUT2D eigenvalue weighted by atomic mass is 10.3. The second kappa shape index (κ2) is 5.97. The lowest BCUT2D eigenvalue weighted by Gasteiger charge is -2.07. The van der Waals surface area contributed by atoms with Crippen molar-refractivity contribution in [2.45, 2.75) is 26.4 Å². The Hall–Kier alpha value is -1.34. The summed E-state index contributed by atoms with van der Waals surface area (Å²) >= 11 is 9.48. The molecule has 0 aliphatic carbocycles. The number of hydrogen-bond donors (Lipinski definition) is 1. The fourth-order valence-electron chi connectivity index (χ4n) is 1.76. The molecule has 2 heterocycles. The second-order valence-corrected chi connectivity index (χ2v) is 5.80. The highest BCUT2D eigenvalue weighted by molar-refractivity contribution is 9.10. The molecule has 0 unspecified atom stereocenters. The van der Waals surface area contributed by atoms with Crippen molar-refractivity contribution in [3.05, 3.63) is 33.3 Å². The van der Waals surface area contributed by atoms with Gasteiger partial charge in [0.05, 0.1) is 11.8 Å². The van der Waals surface area contributed by atoms with Gasteiger partial charge in [-0.1, -0.05) is 11.6 Å². The second-order valence-electron chi connectivity index (χ2n) is 4.69. The van der Waals surface area contributed by atoms with E-state index in [1.54, 1.807) is 9.36 Å². The van der Waals surface area contributed by atoms with Gasteiger partial charge in [-0.3, -0.25) is 14.2 Å². The van der Waals surface area contributed by atoms with Crippen molar-refractivity contribution >= 4 is 33.4 Å². The maximum Gasteiger partial charge on any atom is 0.256 e. The van der Waals surface area contributed by atoms with Crippen LogP contribution in [0, 0.1) is 0 Å². The molecule has 1 N–H and O–H groups in total. The first-order valence-electron chi connectivity index (χ1n) is 6.09. The van der Waals surface area contributed by atoms with Crippen molar-refractivity contribution in [2.75, 3.05) is 0 Å². The van der Waals surface area contributed by atoms with E-state index >= 15 is 0 Å². The van der Waals surface area contributed by atoms with Gasteiger partial charge in [0.1, 0.15) is 9.76 Å². The zero-order valence-electron chi connectivity index (χ0n) is 11.4. The van der Waals surface area contributed by atoms with Crippen LogP contribution < -0.4 is 5.32 Å². The van der Waals surface area contributed by atoms with Crippen molar-refractivity contribution in [2.24, 2.45) is 7.05 Å². The summed E-state index contributed by atoms with van der Waals surface area (Å²) in [4.78, 5) is 12.1. The van der Waals surface area contributed by atoms with Gasteiger partial charge in [0.2, 0.25) is 0 Å². The summed E-state index contributed by atoms with van der Waals surface area (Å²) in [5, 5.41) is 11.4. The van der Waals surface area contributed by atoms with E-state index in [0.717, 1.165) is 5.56 Å². The molecule has 108 valence electrons. The normalized spacial score (nSPS) is 11.1. The highest BCUT2D eigenvalue weighted by Crippen LogP contribution is 2.20. The van der Waals surface area contributed by atoms with Crippen molar-refractivity contribution < 1.29 is 4.79 Å². The lowest BCUT2D eigenvalue weighted by Crippen LogP contribution is -2.22. The summed E-state index contributed by atoms with van der Waals surface area (Å²) in [5.74, 6) is -0.252. The number of aryl methyl sites for hydroxylation is 1. The Bertz CT molecular complexity index is 634. The summed E-state index contributed by atoms with van der Waals surface area (Å²) < 4.78 is 4.00. The van der Waals surface area contributed by atoms with E-state index in [-0.39, 0.29) is 11.9 Å². The number of amides is 1. The fraction of sp³-hybridized carbons (Fsp3) is 0.417. The zero-order valence-corrected chi connectivity index (χ0v) is 13.7. The van der Waals surface area contributed by atoms with Gasteiger partial charge in [-0.2, -0.15) is 10.2 Å². The SMILES string of the molecule is CC(C)n1ncc(C(=O)NCc2cn(C)nc2Br)c1Cl. The predicted molar refractivity (Wildman–Crippen MR) is 79.7 cm³/mol. The lowest BCUT2D eigenvalue weighted by molar-refractivity contribution is 0.0951. The first kappa shape index (κ1) is 15.1. The van der Waals surface area contributed by atoms with Gasteiger partial charge in [-0.25, -0.2) is 0 Å². The van der Waals surface area contributed by atoms with E-state index < -0.39 is 0 Å². The minimum Gasteiger partial charge on any atom is -0.348 e. The standard InChI is InChI=1S/C12H15BrClN5O/c1-7(2)19-11(14)9(5-16-19)12(20)15-4-8-6-18(3)17-10(8)13/h5-7H,4H2,1-3H3,(H,15,20). The Labute approximate surface area is 130 Å². The monoisotopic (exact) mass is 359 g/mol. The fourth-order valence-corrected chi connectivity index (χ4v) is 2.63. The highest BCUT2D eigenvalue weighted by atomic mass is 79.9. The van der Waals surface area contributed by atoms with Crippen LogP contribution in [0.5, 0.6) is 0 Å². The van der Waals surface area contributed by atoms with E-state index in [4.69, 9.17) is 11.6 Å². The molecule has 20 heavy (non-hydrogen) atoms. The van der Waals surface area contributed by atoms with Gasteiger partial charge in [-0.15, -0.1) is 0 Å². The van der Waals surface area contributed by atoms with Crippen molar-refractivity contribution in [3.8, 4) is 0 Å². The quantitative estimate of drug-likeness (QED) is 0.911. The number of carbonyl (C=O) groups is 1. The molecule has 0 spiro atoms. The van der Waals surface area contributed by atoms with Crippen LogP contribution in [0.25, 0.3) is 0 Å². The first-order chi connectivity index (χ1) is 9.40. The molecule has 0 aromatic carbocycles. The van der Waals surface area contributed by atoms with Gasteiger partial charge < -0.3 is 5.32 Å². The molecule has 0 saturated carbocycles. The Morgan fingerprint density at radius 2 is 2.25 bits per heavy atom. The van der Waals surface area contributed by atoms with Crippen molar-refractivity contribution in [1.82, 2.24) is 24.9 Å². The summed E-state index contributed by atoms with van der Waals surface area (Å²) in [5.41, 5.74) is 1.27. The summed E-state index contributed by atoms with van der Waals surface area (Å²) in [6.45, 7) is 4.27. The number of rotatable bonds is 4. The molecule has 8 heteroatoms. The molecule has 2 aromatic rings. The van der Waals surface area contributed by atoms with Crippen LogP contribution >= 0.6 is 27.5 Å². The molecule has 2 rings (SSSR count). The molecule has 0 aliphatic rings. The Kier molecular flexibility index (Phi) is 4.49. The number of hydrogen-bond acceptors (Lipinski definition) is 3. The maximum atomic E-state index is 12.1. The predicted octanol–water partition coefficient (Wildman–Crippen LogP) is 2.54. The topological polar surface area (TPSA) is 64.7 Å². The van der Waals surface area contributed by atoms with Crippen LogP contribution in [0.4, 0.5) is 0 Å². The van der Waals surface area contributed by atoms with Gasteiger partial charge in [0, 0.05) is 31.4 Å². The number of nitrogens with zero attached hydrogens (tertiary/aromatic N) is 4. The third-order valence-corrected chi connectivity index (χ3v) is 3.81. The average Bonchev–Trinajstić information content (AvgIpc) is 2.89. The van der Waals surface area contributed by atoms with Gasteiger partial charge >= 0.3 is 0 Å². The molecule has 0 bridgehead atoms. The van der Waals surface area contributed by atoms with Gasteiger partial charge in [0.25, 0.3) is 5.91 Å². The van der Waals surface area contributed by atoms with E-state index in [1.807, 2.05) is 27.1 Å². The van der Waals surface area contributed by atoms with Crippen LogP contribution in [0.15, 0.2) is 17.0 Å².